The fourth-order valence-electron chi connectivity index (χ4n) is 1.74. The van der Waals surface area contributed by atoms with Crippen LogP contribution >= 0.6 is 15.9 Å². The zero-order valence-corrected chi connectivity index (χ0v) is 12.1. The minimum absolute atomic E-state index is 0.208. The van der Waals surface area contributed by atoms with Crippen LogP contribution in [0, 0.1) is 0 Å². The van der Waals surface area contributed by atoms with Gasteiger partial charge in [-0.2, -0.15) is 0 Å². The van der Waals surface area contributed by atoms with Crippen LogP contribution in [0.25, 0.3) is 0 Å². The largest absolute Gasteiger partial charge is 0.495 e. The molecule has 0 aromatic heterocycles. The molecule has 0 aliphatic heterocycles. The molecule has 18 heavy (non-hydrogen) atoms. The van der Waals surface area contributed by atoms with Gasteiger partial charge < -0.3 is 14.6 Å². The predicted octanol–water partition coefficient (Wildman–Crippen LogP) is 3.26. The van der Waals surface area contributed by atoms with Crippen molar-refractivity contribution < 1.29 is 19.4 Å². The van der Waals surface area contributed by atoms with Crippen LogP contribution in [0.2, 0.25) is 0 Å². The van der Waals surface area contributed by atoms with Crippen molar-refractivity contribution in [3.05, 3.63) is 22.2 Å². The number of unbranched alkanes of at least 4 members (excludes halogenated alkanes) is 1. The fourth-order valence-corrected chi connectivity index (χ4v) is 2.46. The summed E-state index contributed by atoms with van der Waals surface area (Å²) in [7, 11) is 3.21. The van der Waals surface area contributed by atoms with E-state index in [1.165, 1.54) is 0 Å². The molecular formula is C13H17BrO4. The highest BCUT2D eigenvalue weighted by atomic mass is 79.9. The Morgan fingerprint density at radius 1 is 1.28 bits per heavy atom. The molecule has 0 aliphatic carbocycles. The predicted molar refractivity (Wildman–Crippen MR) is 72.4 cm³/mol. The Labute approximate surface area is 115 Å². The molecule has 0 unspecified atom stereocenters. The summed E-state index contributed by atoms with van der Waals surface area (Å²) in [6.07, 6.45) is 2.49. The normalized spacial score (nSPS) is 10.2. The number of carbonyl (C=O) groups is 1. The molecule has 0 heterocycles. The van der Waals surface area contributed by atoms with Crippen molar-refractivity contribution in [1.29, 1.82) is 0 Å². The first kappa shape index (κ1) is 14.8. The second-order valence-corrected chi connectivity index (χ2v) is 4.67. The van der Waals surface area contributed by atoms with E-state index in [9.17, 15) is 4.79 Å². The molecule has 0 atom stereocenters. The van der Waals surface area contributed by atoms with Crippen LogP contribution in [0.1, 0.15) is 24.8 Å². The lowest BCUT2D eigenvalue weighted by Gasteiger charge is -2.13. The summed E-state index contributed by atoms with van der Waals surface area (Å²) in [5, 5.41) is 8.58. The number of carboxylic acids is 1. The van der Waals surface area contributed by atoms with E-state index >= 15 is 0 Å². The Morgan fingerprint density at radius 2 is 2.00 bits per heavy atom. The number of benzene rings is 1. The maximum absolute atomic E-state index is 10.4. The highest BCUT2D eigenvalue weighted by molar-refractivity contribution is 9.10. The van der Waals surface area contributed by atoms with Crippen LogP contribution in [-0.2, 0) is 11.2 Å². The van der Waals surface area contributed by atoms with Gasteiger partial charge in [-0.15, -0.1) is 0 Å². The van der Waals surface area contributed by atoms with Gasteiger partial charge >= 0.3 is 5.97 Å². The number of hydrogen-bond acceptors (Lipinski definition) is 3. The van der Waals surface area contributed by atoms with Crippen LogP contribution < -0.4 is 9.47 Å². The minimum Gasteiger partial charge on any atom is -0.495 e. The summed E-state index contributed by atoms with van der Waals surface area (Å²) in [6, 6.07) is 3.82. The number of carboxylic acid groups (broad SMARTS) is 1. The Hall–Kier alpha value is -1.23. The summed E-state index contributed by atoms with van der Waals surface area (Å²) < 4.78 is 11.3. The van der Waals surface area contributed by atoms with Gasteiger partial charge in [0.15, 0.2) is 0 Å². The molecule has 1 rings (SSSR count). The van der Waals surface area contributed by atoms with Crippen molar-refractivity contribution in [2.24, 2.45) is 0 Å². The van der Waals surface area contributed by atoms with Gasteiger partial charge in [0.1, 0.15) is 16.0 Å². The van der Waals surface area contributed by atoms with Crippen molar-refractivity contribution in [1.82, 2.24) is 0 Å². The van der Waals surface area contributed by atoms with Gasteiger partial charge in [-0.1, -0.05) is 6.07 Å². The van der Waals surface area contributed by atoms with Crippen LogP contribution in [0.5, 0.6) is 11.5 Å². The molecule has 1 aromatic carbocycles. The SMILES string of the molecule is COc1ccc(CCCCC(=O)O)c(OC)c1Br. The topological polar surface area (TPSA) is 55.8 Å². The molecule has 1 N–H and O–H groups in total. The highest BCUT2D eigenvalue weighted by Gasteiger charge is 2.12. The van der Waals surface area contributed by atoms with Crippen LogP contribution in [-0.4, -0.2) is 25.3 Å². The van der Waals surface area contributed by atoms with Crippen molar-refractivity contribution >= 4 is 21.9 Å². The second-order valence-electron chi connectivity index (χ2n) is 3.88. The van der Waals surface area contributed by atoms with E-state index < -0.39 is 5.97 Å². The molecule has 4 nitrogen and oxygen atoms in total. The number of ether oxygens (including phenoxy) is 2. The van der Waals surface area contributed by atoms with E-state index in [-0.39, 0.29) is 6.42 Å². The fraction of sp³-hybridized carbons (Fsp3) is 0.462. The maximum Gasteiger partial charge on any atom is 0.303 e. The monoisotopic (exact) mass is 316 g/mol. The van der Waals surface area contributed by atoms with Crippen molar-refractivity contribution in [2.45, 2.75) is 25.7 Å². The molecule has 0 fully saturated rings. The number of hydrogen-bond donors (Lipinski definition) is 1. The Morgan fingerprint density at radius 3 is 2.56 bits per heavy atom. The average Bonchev–Trinajstić information content (AvgIpc) is 2.34. The molecular weight excluding hydrogens is 300 g/mol. The van der Waals surface area contributed by atoms with Crippen LogP contribution in [0.15, 0.2) is 16.6 Å². The second kappa shape index (κ2) is 7.26. The first-order valence-electron chi connectivity index (χ1n) is 5.71. The molecule has 100 valence electrons. The van der Waals surface area contributed by atoms with E-state index in [0.29, 0.717) is 6.42 Å². The number of aryl methyl sites for hydroxylation is 1. The highest BCUT2D eigenvalue weighted by Crippen LogP contribution is 2.37. The molecule has 0 saturated heterocycles. The molecule has 0 spiro atoms. The Kier molecular flexibility index (Phi) is 5.98. The van der Waals surface area contributed by atoms with Crippen LogP contribution in [0.4, 0.5) is 0 Å². The lowest BCUT2D eigenvalue weighted by Crippen LogP contribution is -1.98. The van der Waals surface area contributed by atoms with Gasteiger partial charge in [-0.05, 0) is 46.8 Å². The summed E-state index contributed by atoms with van der Waals surface area (Å²) >= 11 is 3.44. The van der Waals surface area contributed by atoms with E-state index in [4.69, 9.17) is 14.6 Å². The van der Waals surface area contributed by atoms with Crippen LogP contribution in [0.3, 0.4) is 0 Å². The van der Waals surface area contributed by atoms with E-state index in [2.05, 4.69) is 15.9 Å². The number of rotatable bonds is 7. The quantitative estimate of drug-likeness (QED) is 0.784. The number of methoxy groups -OCH3 is 2. The smallest absolute Gasteiger partial charge is 0.303 e. The number of halogens is 1. The Balaban J connectivity index is 2.71. The Bertz CT molecular complexity index is 418. The third-order valence-electron chi connectivity index (χ3n) is 2.65. The van der Waals surface area contributed by atoms with Crippen molar-refractivity contribution in [2.75, 3.05) is 14.2 Å². The zero-order valence-electron chi connectivity index (χ0n) is 10.5. The maximum atomic E-state index is 10.4. The lowest BCUT2D eigenvalue weighted by atomic mass is 10.1. The summed E-state index contributed by atoms with van der Waals surface area (Å²) in [5.41, 5.74) is 1.05. The molecule has 0 aliphatic rings. The van der Waals surface area contributed by atoms with E-state index in [0.717, 1.165) is 34.4 Å². The standard InChI is InChI=1S/C13H17BrO4/c1-17-10-8-7-9(13(18-2)12(10)14)5-3-4-6-11(15)16/h7-8H,3-6H2,1-2H3,(H,15,16). The van der Waals surface area contributed by atoms with Gasteiger partial charge in [0.2, 0.25) is 0 Å². The molecule has 0 bridgehead atoms. The lowest BCUT2D eigenvalue weighted by molar-refractivity contribution is -0.137. The summed E-state index contributed by atoms with van der Waals surface area (Å²) in [6.45, 7) is 0. The molecule has 1 aromatic rings. The first-order chi connectivity index (χ1) is 8.60. The van der Waals surface area contributed by atoms with Gasteiger partial charge in [0, 0.05) is 6.42 Å². The molecule has 5 heteroatoms. The minimum atomic E-state index is -0.752. The first-order valence-corrected chi connectivity index (χ1v) is 6.50. The third-order valence-corrected chi connectivity index (χ3v) is 3.40. The van der Waals surface area contributed by atoms with Crippen molar-refractivity contribution in [3.63, 3.8) is 0 Å². The molecule has 0 amide bonds. The van der Waals surface area contributed by atoms with Gasteiger partial charge in [0.05, 0.1) is 14.2 Å². The molecule has 0 saturated carbocycles. The zero-order chi connectivity index (χ0) is 13.5. The summed E-state index contributed by atoms with van der Waals surface area (Å²) in [4.78, 5) is 10.4. The van der Waals surface area contributed by atoms with E-state index in [1.54, 1.807) is 14.2 Å². The van der Waals surface area contributed by atoms with Gasteiger partial charge in [-0.3, -0.25) is 4.79 Å². The third kappa shape index (κ3) is 3.91. The summed E-state index contributed by atoms with van der Waals surface area (Å²) in [5.74, 6) is 0.726. The molecule has 0 radical (unpaired) electrons. The average molecular weight is 317 g/mol. The van der Waals surface area contributed by atoms with Gasteiger partial charge in [0.25, 0.3) is 0 Å². The van der Waals surface area contributed by atoms with Crippen molar-refractivity contribution in [3.8, 4) is 11.5 Å². The number of aliphatic carboxylic acids is 1. The van der Waals surface area contributed by atoms with E-state index in [1.807, 2.05) is 12.1 Å². The van der Waals surface area contributed by atoms with Gasteiger partial charge in [-0.25, -0.2) is 0 Å².